The monoisotopic (exact) mass is 617 g/mol. The Balaban J connectivity index is 1.37. The molecule has 0 spiro atoms. The molecule has 1 saturated heterocycles. The van der Waals surface area contributed by atoms with Crippen molar-refractivity contribution in [1.82, 2.24) is 25.8 Å². The van der Waals surface area contributed by atoms with Crippen LogP contribution < -0.4 is 25.4 Å². The molecule has 0 radical (unpaired) electrons. The summed E-state index contributed by atoms with van der Waals surface area (Å²) in [5.74, 6) is 0.999. The number of aromatic nitrogens is 1. The third-order valence-corrected chi connectivity index (χ3v) is 7.48. The highest BCUT2D eigenvalue weighted by Gasteiger charge is 2.34. The number of rotatable bonds is 5. The molecule has 0 unspecified atom stereocenters. The van der Waals surface area contributed by atoms with Gasteiger partial charge >= 0.3 is 6.03 Å². The highest BCUT2D eigenvalue weighted by Crippen LogP contribution is 2.29. The number of ether oxygens (including phenoxy) is 4. The van der Waals surface area contributed by atoms with E-state index >= 15 is 0 Å². The Morgan fingerprint density at radius 3 is 2.60 bits per heavy atom. The number of benzene rings is 2. The van der Waals surface area contributed by atoms with Gasteiger partial charge in [-0.1, -0.05) is 12.1 Å². The van der Waals surface area contributed by atoms with Gasteiger partial charge in [0.1, 0.15) is 23.9 Å². The molecule has 0 saturated carbocycles. The van der Waals surface area contributed by atoms with Gasteiger partial charge in [0.05, 0.1) is 25.4 Å². The number of fused-ring (bicyclic) bond motifs is 5. The Bertz CT molecular complexity index is 1510. The second-order valence-electron chi connectivity index (χ2n) is 11.1. The van der Waals surface area contributed by atoms with Crippen molar-refractivity contribution < 1.29 is 33.3 Å². The van der Waals surface area contributed by atoms with Gasteiger partial charge < -0.3 is 39.8 Å². The van der Waals surface area contributed by atoms with Crippen LogP contribution in [0.15, 0.2) is 54.6 Å². The van der Waals surface area contributed by atoms with Gasteiger partial charge in [0.25, 0.3) is 11.8 Å². The van der Waals surface area contributed by atoms with Crippen LogP contribution in [-0.4, -0.2) is 86.4 Å². The number of urea groups is 1. The van der Waals surface area contributed by atoms with Gasteiger partial charge in [0.15, 0.2) is 0 Å². The van der Waals surface area contributed by atoms with E-state index in [-0.39, 0.29) is 43.6 Å². The van der Waals surface area contributed by atoms with Crippen LogP contribution in [-0.2, 0) is 16.1 Å². The van der Waals surface area contributed by atoms with Crippen molar-refractivity contribution in [3.05, 3.63) is 82.7 Å². The average Bonchev–Trinajstić information content (AvgIpc) is 3.01. The fourth-order valence-corrected chi connectivity index (χ4v) is 5.38. The van der Waals surface area contributed by atoms with Crippen LogP contribution in [0, 0.1) is 13.8 Å². The lowest BCUT2D eigenvalue weighted by atomic mass is 10.0. The second kappa shape index (κ2) is 14.9. The molecule has 4 bridgehead atoms. The lowest BCUT2D eigenvalue weighted by Crippen LogP contribution is -2.58. The van der Waals surface area contributed by atoms with Crippen LogP contribution in [0.3, 0.4) is 0 Å². The first-order valence-corrected chi connectivity index (χ1v) is 15.0. The van der Waals surface area contributed by atoms with E-state index < -0.39 is 6.10 Å². The van der Waals surface area contributed by atoms with Crippen molar-refractivity contribution in [3.8, 4) is 17.2 Å². The van der Waals surface area contributed by atoms with E-state index in [9.17, 15) is 14.4 Å². The van der Waals surface area contributed by atoms with Crippen LogP contribution in [0.5, 0.6) is 17.2 Å². The number of aryl methyl sites for hydroxylation is 2. The summed E-state index contributed by atoms with van der Waals surface area (Å²) >= 11 is 0. The molecule has 5 rings (SSSR count). The zero-order valence-corrected chi connectivity index (χ0v) is 25.8. The maximum absolute atomic E-state index is 13.5. The van der Waals surface area contributed by atoms with Crippen LogP contribution >= 0.6 is 0 Å². The molecule has 1 aromatic heterocycles. The third kappa shape index (κ3) is 8.70. The summed E-state index contributed by atoms with van der Waals surface area (Å²) in [5, 5.41) is 8.63. The minimum absolute atomic E-state index is 0.103. The number of piperidine rings is 1. The molecule has 3 heterocycles. The van der Waals surface area contributed by atoms with E-state index in [1.807, 2.05) is 38.1 Å². The van der Waals surface area contributed by atoms with Crippen molar-refractivity contribution >= 4 is 17.8 Å². The van der Waals surface area contributed by atoms with Gasteiger partial charge in [0, 0.05) is 61.9 Å². The van der Waals surface area contributed by atoms with Crippen LogP contribution in [0.1, 0.15) is 44.1 Å². The first kappa shape index (κ1) is 31.7. The Hall–Kier alpha value is -4.68. The molecule has 2 aliphatic rings. The van der Waals surface area contributed by atoms with Crippen LogP contribution in [0.2, 0.25) is 0 Å². The normalized spacial score (nSPS) is 19.0. The summed E-state index contributed by atoms with van der Waals surface area (Å²) in [5.41, 5.74) is 3.32. The molecule has 2 aromatic carbocycles. The predicted octanol–water partition coefficient (Wildman–Crippen LogP) is 3.36. The zero-order valence-electron chi connectivity index (χ0n) is 25.8. The van der Waals surface area contributed by atoms with Gasteiger partial charge in [-0.05, 0) is 62.2 Å². The Kier molecular flexibility index (Phi) is 10.5. The van der Waals surface area contributed by atoms with E-state index in [0.29, 0.717) is 61.1 Å². The molecule has 12 nitrogen and oxygen atoms in total. The second-order valence-corrected chi connectivity index (χ2v) is 11.1. The Labute approximate surface area is 262 Å². The van der Waals surface area contributed by atoms with Crippen LogP contribution in [0.25, 0.3) is 0 Å². The van der Waals surface area contributed by atoms with E-state index in [4.69, 9.17) is 18.9 Å². The predicted molar refractivity (Wildman–Crippen MR) is 166 cm³/mol. The summed E-state index contributed by atoms with van der Waals surface area (Å²) in [6.07, 6.45) is 0.0417. The average molecular weight is 618 g/mol. The summed E-state index contributed by atoms with van der Waals surface area (Å²) < 4.78 is 23.4. The molecule has 4 amide bonds. The lowest BCUT2D eigenvalue weighted by molar-refractivity contribution is -0.0235. The van der Waals surface area contributed by atoms with E-state index in [1.165, 1.54) is 0 Å². The SMILES string of the molecule is COCCOc1cc2cc(c1)C(=O)NCCNC(=O)N[C@H]1CCN(C(=O)c3cc(C)nc(C)c3)C[C@@H]1OCc1cccc(c1)O2. The molecule has 238 valence electrons. The minimum atomic E-state index is -0.468. The van der Waals surface area contributed by atoms with Crippen LogP contribution in [0.4, 0.5) is 4.79 Å². The number of carbonyl (C=O) groups excluding carboxylic acids is 3. The number of nitrogens with zero attached hydrogens (tertiary/aromatic N) is 2. The summed E-state index contributed by atoms with van der Waals surface area (Å²) in [7, 11) is 1.58. The summed E-state index contributed by atoms with van der Waals surface area (Å²) in [4.78, 5) is 45.4. The maximum atomic E-state index is 13.5. The number of likely N-dealkylation sites (tertiary alicyclic amines) is 1. The fourth-order valence-electron chi connectivity index (χ4n) is 5.38. The van der Waals surface area contributed by atoms with Gasteiger partial charge in [-0.15, -0.1) is 0 Å². The fraction of sp³-hybridized carbons (Fsp3) is 0.394. The quantitative estimate of drug-likeness (QED) is 0.371. The molecule has 2 aliphatic heterocycles. The standard InChI is InChI=1S/C33H39N5O7/c1-21-13-25(14-22(2)36-21)32(40)38-10-7-29-30(19-38)44-20-23-5-4-6-26(15-23)45-28-17-24(16-27(18-28)43-12-11-42-3)31(39)34-8-9-35-33(41)37-29/h4-6,13-18,29-30H,7-12,19-20H2,1-3H3,(H,34,39)(H2,35,37,41)/t29-,30-/m0/s1. The largest absolute Gasteiger partial charge is 0.491 e. The summed E-state index contributed by atoms with van der Waals surface area (Å²) in [6.45, 7) is 5.82. The van der Waals surface area contributed by atoms with E-state index in [2.05, 4.69) is 20.9 Å². The molecule has 12 heteroatoms. The first-order valence-electron chi connectivity index (χ1n) is 15.0. The van der Waals surface area contributed by atoms with Crippen molar-refractivity contribution in [2.75, 3.05) is 46.5 Å². The van der Waals surface area contributed by atoms with Crippen molar-refractivity contribution in [3.63, 3.8) is 0 Å². The van der Waals surface area contributed by atoms with Gasteiger partial charge in [-0.2, -0.15) is 0 Å². The molecule has 1 fully saturated rings. The molecule has 0 aliphatic carbocycles. The van der Waals surface area contributed by atoms with Crippen molar-refractivity contribution in [2.24, 2.45) is 0 Å². The smallest absolute Gasteiger partial charge is 0.315 e. The number of carbonyl (C=O) groups is 3. The minimum Gasteiger partial charge on any atom is -0.491 e. The highest BCUT2D eigenvalue weighted by molar-refractivity contribution is 5.95. The topological polar surface area (TPSA) is 140 Å². The third-order valence-electron chi connectivity index (χ3n) is 7.48. The number of nitrogens with one attached hydrogen (secondary N) is 3. The van der Waals surface area contributed by atoms with E-state index in [1.54, 1.807) is 42.3 Å². The molecule has 3 N–H and O–H groups in total. The molecule has 45 heavy (non-hydrogen) atoms. The van der Waals surface area contributed by atoms with Crippen molar-refractivity contribution in [2.45, 2.75) is 39.0 Å². The van der Waals surface area contributed by atoms with E-state index in [0.717, 1.165) is 17.0 Å². The number of pyridine rings is 1. The van der Waals surface area contributed by atoms with Gasteiger partial charge in [-0.25, -0.2) is 4.79 Å². The highest BCUT2D eigenvalue weighted by atomic mass is 16.5. The Morgan fingerprint density at radius 1 is 1.00 bits per heavy atom. The maximum Gasteiger partial charge on any atom is 0.315 e. The molecule has 2 atom stereocenters. The van der Waals surface area contributed by atoms with Gasteiger partial charge in [0.2, 0.25) is 0 Å². The molecular formula is C33H39N5O7. The molecule has 3 aromatic rings. The first-order chi connectivity index (χ1) is 21.8. The number of methoxy groups -OCH3 is 1. The number of amides is 4. The Morgan fingerprint density at radius 2 is 1.80 bits per heavy atom. The van der Waals surface area contributed by atoms with Crippen molar-refractivity contribution in [1.29, 1.82) is 0 Å². The molecular weight excluding hydrogens is 578 g/mol. The zero-order chi connectivity index (χ0) is 31.8. The van der Waals surface area contributed by atoms with Gasteiger partial charge in [-0.3, -0.25) is 14.6 Å². The summed E-state index contributed by atoms with van der Waals surface area (Å²) in [6, 6.07) is 15.3. The number of hydrogen-bond acceptors (Lipinski definition) is 8. The lowest BCUT2D eigenvalue weighted by Gasteiger charge is -2.38. The number of hydrogen-bond donors (Lipinski definition) is 3.